The molecule has 5 rings (SSSR count). The fourth-order valence-corrected chi connectivity index (χ4v) is 5.36. The van der Waals surface area contributed by atoms with E-state index in [1.165, 1.54) is 5.56 Å². The smallest absolute Gasteiger partial charge is 0.254 e. The van der Waals surface area contributed by atoms with Crippen molar-refractivity contribution in [1.29, 1.82) is 0 Å². The highest BCUT2D eigenvalue weighted by Gasteiger charge is 2.35. The summed E-state index contributed by atoms with van der Waals surface area (Å²) in [5.41, 5.74) is 4.73. The van der Waals surface area contributed by atoms with E-state index in [9.17, 15) is 9.59 Å². The molecule has 0 radical (unpaired) electrons. The van der Waals surface area contributed by atoms with Crippen LogP contribution in [-0.4, -0.2) is 61.9 Å². The maximum Gasteiger partial charge on any atom is 0.254 e. The number of hydrogen-bond acceptors (Lipinski definition) is 4. The summed E-state index contributed by atoms with van der Waals surface area (Å²) in [6, 6.07) is 23.9. The first kappa shape index (κ1) is 27.2. The lowest BCUT2D eigenvalue weighted by molar-refractivity contribution is -0.119. The SMILES string of the molecule is CN(C)c1ccc(C(=O)N2CCN(Cc3ccccc3)CCCN(C(=O)C3CC3)c3cc(Cl)ccc3C2)cc1. The van der Waals surface area contributed by atoms with E-state index in [1.54, 1.807) is 0 Å². The summed E-state index contributed by atoms with van der Waals surface area (Å²) in [6.45, 7) is 4.01. The number of nitrogens with zero attached hydrogens (tertiary/aromatic N) is 4. The first-order chi connectivity index (χ1) is 18.9. The molecule has 1 saturated carbocycles. The van der Waals surface area contributed by atoms with Gasteiger partial charge in [0.1, 0.15) is 0 Å². The van der Waals surface area contributed by atoms with Crippen molar-refractivity contribution in [2.45, 2.75) is 32.4 Å². The minimum atomic E-state index is -0.0137. The molecular formula is C32H37ClN4O2. The minimum Gasteiger partial charge on any atom is -0.378 e. The Morgan fingerprint density at radius 3 is 2.33 bits per heavy atom. The minimum absolute atomic E-state index is 0.0137. The summed E-state index contributed by atoms with van der Waals surface area (Å²) in [5.74, 6) is 0.250. The first-order valence-corrected chi connectivity index (χ1v) is 14.2. The van der Waals surface area contributed by atoms with Crippen LogP contribution in [0.2, 0.25) is 5.02 Å². The van der Waals surface area contributed by atoms with Gasteiger partial charge in [0, 0.05) is 75.6 Å². The van der Waals surface area contributed by atoms with E-state index in [2.05, 4.69) is 29.2 Å². The van der Waals surface area contributed by atoms with Crippen LogP contribution in [0.1, 0.15) is 40.7 Å². The van der Waals surface area contributed by atoms with E-state index in [0.29, 0.717) is 30.2 Å². The topological polar surface area (TPSA) is 47.1 Å². The van der Waals surface area contributed by atoms with E-state index in [1.807, 2.05) is 77.3 Å². The number of carbonyl (C=O) groups excluding carboxylic acids is 2. The quantitative estimate of drug-likeness (QED) is 0.413. The fourth-order valence-electron chi connectivity index (χ4n) is 5.19. The fraction of sp³-hybridized carbons (Fsp3) is 0.375. The lowest BCUT2D eigenvalue weighted by Gasteiger charge is -2.28. The predicted octanol–water partition coefficient (Wildman–Crippen LogP) is 5.70. The molecule has 3 aromatic carbocycles. The largest absolute Gasteiger partial charge is 0.378 e. The summed E-state index contributed by atoms with van der Waals surface area (Å²) in [5, 5.41) is 0.597. The molecule has 0 saturated heterocycles. The van der Waals surface area contributed by atoms with Crippen molar-refractivity contribution in [3.05, 3.63) is 94.5 Å². The summed E-state index contributed by atoms with van der Waals surface area (Å²) in [6.07, 6.45) is 2.73. The van der Waals surface area contributed by atoms with E-state index in [4.69, 9.17) is 11.6 Å². The van der Waals surface area contributed by atoms with Gasteiger partial charge in [0.2, 0.25) is 5.91 Å². The third-order valence-corrected chi connectivity index (χ3v) is 7.84. The van der Waals surface area contributed by atoms with Crippen LogP contribution in [0.25, 0.3) is 0 Å². The molecule has 0 N–H and O–H groups in total. The van der Waals surface area contributed by atoms with Gasteiger partial charge in [-0.1, -0.05) is 48.0 Å². The molecular weight excluding hydrogens is 508 g/mol. The Labute approximate surface area is 236 Å². The molecule has 0 bridgehead atoms. The third kappa shape index (κ3) is 6.81. The zero-order valence-corrected chi connectivity index (χ0v) is 23.6. The van der Waals surface area contributed by atoms with Crippen LogP contribution in [0.15, 0.2) is 72.8 Å². The number of fused-ring (bicyclic) bond motifs is 1. The molecule has 39 heavy (non-hydrogen) atoms. The highest BCUT2D eigenvalue weighted by Crippen LogP contribution is 2.35. The van der Waals surface area contributed by atoms with Crippen molar-refractivity contribution < 1.29 is 9.59 Å². The van der Waals surface area contributed by atoms with E-state index < -0.39 is 0 Å². The second-order valence-corrected chi connectivity index (χ2v) is 11.3. The molecule has 1 aliphatic heterocycles. The van der Waals surface area contributed by atoms with Gasteiger partial charge in [0.05, 0.1) is 5.69 Å². The number of carbonyl (C=O) groups is 2. The highest BCUT2D eigenvalue weighted by molar-refractivity contribution is 6.31. The van der Waals surface area contributed by atoms with Crippen molar-refractivity contribution in [3.63, 3.8) is 0 Å². The Hall–Kier alpha value is -3.35. The molecule has 6 nitrogen and oxygen atoms in total. The maximum atomic E-state index is 13.9. The van der Waals surface area contributed by atoms with Crippen LogP contribution in [0.5, 0.6) is 0 Å². The van der Waals surface area contributed by atoms with Crippen LogP contribution < -0.4 is 9.80 Å². The van der Waals surface area contributed by atoms with Crippen LogP contribution in [0.4, 0.5) is 11.4 Å². The Morgan fingerprint density at radius 1 is 0.897 bits per heavy atom. The van der Waals surface area contributed by atoms with E-state index in [-0.39, 0.29) is 17.7 Å². The van der Waals surface area contributed by atoms with E-state index >= 15 is 0 Å². The van der Waals surface area contributed by atoms with Crippen molar-refractivity contribution in [2.24, 2.45) is 5.92 Å². The first-order valence-electron chi connectivity index (χ1n) is 13.8. The Balaban J connectivity index is 1.48. The monoisotopic (exact) mass is 544 g/mol. The summed E-state index contributed by atoms with van der Waals surface area (Å²) in [4.78, 5) is 35.6. The number of anilines is 2. The van der Waals surface area contributed by atoms with Crippen LogP contribution >= 0.6 is 11.6 Å². The Kier molecular flexibility index (Phi) is 8.53. The van der Waals surface area contributed by atoms with Gasteiger partial charge in [0.25, 0.3) is 5.91 Å². The second-order valence-electron chi connectivity index (χ2n) is 10.8. The van der Waals surface area contributed by atoms with Crippen molar-refractivity contribution >= 4 is 34.8 Å². The number of amides is 2. The van der Waals surface area contributed by atoms with Gasteiger partial charge in [-0.05, 0) is 66.8 Å². The summed E-state index contributed by atoms with van der Waals surface area (Å²) in [7, 11) is 3.98. The average molecular weight is 545 g/mol. The van der Waals surface area contributed by atoms with Gasteiger partial charge in [-0.3, -0.25) is 14.5 Å². The second kappa shape index (κ2) is 12.2. The molecule has 3 aromatic rings. The maximum absolute atomic E-state index is 13.9. The van der Waals surface area contributed by atoms with Gasteiger partial charge in [-0.15, -0.1) is 0 Å². The highest BCUT2D eigenvalue weighted by atomic mass is 35.5. The van der Waals surface area contributed by atoms with Gasteiger partial charge in [-0.2, -0.15) is 0 Å². The normalized spacial score (nSPS) is 16.8. The van der Waals surface area contributed by atoms with Gasteiger partial charge in [0.15, 0.2) is 0 Å². The molecule has 7 heteroatoms. The molecule has 0 aromatic heterocycles. The summed E-state index contributed by atoms with van der Waals surface area (Å²) < 4.78 is 0. The van der Waals surface area contributed by atoms with Crippen LogP contribution in [0, 0.1) is 5.92 Å². The molecule has 2 amide bonds. The number of hydrogen-bond donors (Lipinski definition) is 0. The third-order valence-electron chi connectivity index (χ3n) is 7.60. The number of halogens is 1. The van der Waals surface area contributed by atoms with Gasteiger partial charge < -0.3 is 14.7 Å². The zero-order chi connectivity index (χ0) is 27.4. The zero-order valence-electron chi connectivity index (χ0n) is 22.9. The van der Waals surface area contributed by atoms with Crippen LogP contribution in [-0.2, 0) is 17.9 Å². The standard InChI is InChI=1S/C32H37ClN4O2/c1-34(2)29-15-12-25(13-16-29)31(38)36-20-19-35(22-24-7-4-3-5-8-24)17-6-18-37(32(39)26-9-10-26)30-21-28(33)14-11-27(30)23-36/h3-5,7-8,11-16,21,26H,6,9-10,17-20,22-23H2,1-2H3. The molecule has 0 unspecified atom stereocenters. The Morgan fingerprint density at radius 2 is 1.64 bits per heavy atom. The molecule has 0 spiro atoms. The van der Waals surface area contributed by atoms with E-state index in [0.717, 1.165) is 55.8 Å². The molecule has 204 valence electrons. The summed E-state index contributed by atoms with van der Waals surface area (Å²) >= 11 is 6.46. The molecule has 1 fully saturated rings. The predicted molar refractivity (Wildman–Crippen MR) is 158 cm³/mol. The molecule has 0 atom stereocenters. The lowest BCUT2D eigenvalue weighted by Crippen LogP contribution is -2.38. The van der Waals surface area contributed by atoms with Crippen molar-refractivity contribution in [3.8, 4) is 0 Å². The Bertz CT molecular complexity index is 1290. The number of rotatable bonds is 5. The average Bonchev–Trinajstić information content (AvgIpc) is 3.79. The van der Waals surface area contributed by atoms with Gasteiger partial charge >= 0.3 is 0 Å². The molecule has 1 heterocycles. The van der Waals surface area contributed by atoms with Gasteiger partial charge in [-0.25, -0.2) is 0 Å². The lowest BCUT2D eigenvalue weighted by atomic mass is 10.1. The van der Waals surface area contributed by atoms with Crippen LogP contribution in [0.3, 0.4) is 0 Å². The molecule has 2 aliphatic rings. The van der Waals surface area contributed by atoms with Crippen molar-refractivity contribution in [1.82, 2.24) is 9.80 Å². The van der Waals surface area contributed by atoms with Crippen molar-refractivity contribution in [2.75, 3.05) is 50.1 Å². The number of benzene rings is 3. The molecule has 1 aliphatic carbocycles.